The average Bonchev–Trinajstić information content (AvgIpc) is 2.96. The molecule has 6 heteroatoms. The minimum atomic E-state index is -0.931. The van der Waals surface area contributed by atoms with Crippen LogP contribution in [-0.4, -0.2) is 21.0 Å². The summed E-state index contributed by atoms with van der Waals surface area (Å²) in [4.78, 5) is 19.4. The SMILES string of the molecule is Cl.O=C(O)c1ccc2nc(-c3cccs3)[nH]c2c1. The molecule has 3 aromatic rings. The molecule has 2 heterocycles. The van der Waals surface area contributed by atoms with Crippen LogP contribution in [0, 0.1) is 0 Å². The number of fused-ring (bicyclic) bond motifs is 1. The Hall–Kier alpha value is -1.85. The fraction of sp³-hybridized carbons (Fsp3) is 0. The standard InChI is InChI=1S/C12H8N2O2S.ClH/c15-12(16)7-3-4-8-9(6-7)14-11(13-8)10-2-1-5-17-10;/h1-6H,(H,13,14)(H,15,16);1H. The fourth-order valence-corrected chi connectivity index (χ4v) is 2.34. The molecule has 0 spiro atoms. The highest BCUT2D eigenvalue weighted by Gasteiger charge is 2.08. The molecule has 92 valence electrons. The van der Waals surface area contributed by atoms with E-state index in [4.69, 9.17) is 5.11 Å². The third-order valence-corrected chi connectivity index (χ3v) is 3.36. The Morgan fingerprint density at radius 1 is 1.33 bits per heavy atom. The number of aromatic nitrogens is 2. The minimum absolute atomic E-state index is 0. The number of carboxylic acid groups (broad SMARTS) is 1. The summed E-state index contributed by atoms with van der Waals surface area (Å²) in [6.45, 7) is 0. The molecule has 0 aliphatic heterocycles. The minimum Gasteiger partial charge on any atom is -0.478 e. The molecule has 0 amide bonds. The van der Waals surface area contributed by atoms with Gasteiger partial charge >= 0.3 is 5.97 Å². The van der Waals surface area contributed by atoms with E-state index < -0.39 is 5.97 Å². The molecule has 0 unspecified atom stereocenters. The number of halogens is 1. The van der Waals surface area contributed by atoms with Crippen LogP contribution in [0.4, 0.5) is 0 Å². The van der Waals surface area contributed by atoms with E-state index >= 15 is 0 Å². The van der Waals surface area contributed by atoms with Gasteiger partial charge in [0, 0.05) is 0 Å². The molecular weight excluding hydrogens is 272 g/mol. The summed E-state index contributed by atoms with van der Waals surface area (Å²) in [5.74, 6) is -0.156. The van der Waals surface area contributed by atoms with E-state index in [9.17, 15) is 4.79 Å². The van der Waals surface area contributed by atoms with Crippen LogP contribution in [0.25, 0.3) is 21.7 Å². The highest BCUT2D eigenvalue weighted by atomic mass is 35.5. The number of carbonyl (C=O) groups is 1. The molecule has 1 aromatic carbocycles. The topological polar surface area (TPSA) is 66.0 Å². The van der Waals surface area contributed by atoms with Crippen molar-refractivity contribution in [2.75, 3.05) is 0 Å². The van der Waals surface area contributed by atoms with Crippen LogP contribution in [0.2, 0.25) is 0 Å². The zero-order valence-corrected chi connectivity index (χ0v) is 10.7. The second kappa shape index (κ2) is 4.80. The summed E-state index contributed by atoms with van der Waals surface area (Å²) in [6, 6.07) is 8.80. The van der Waals surface area contributed by atoms with E-state index in [-0.39, 0.29) is 18.0 Å². The van der Waals surface area contributed by atoms with Gasteiger partial charge in [-0.2, -0.15) is 0 Å². The van der Waals surface area contributed by atoms with E-state index in [0.717, 1.165) is 21.7 Å². The smallest absolute Gasteiger partial charge is 0.335 e. The second-order valence-electron chi connectivity index (χ2n) is 3.60. The predicted molar refractivity (Wildman–Crippen MR) is 73.6 cm³/mol. The van der Waals surface area contributed by atoms with Gasteiger partial charge in [0.2, 0.25) is 0 Å². The fourth-order valence-electron chi connectivity index (χ4n) is 1.67. The largest absolute Gasteiger partial charge is 0.478 e. The lowest BCUT2D eigenvalue weighted by Crippen LogP contribution is -1.94. The van der Waals surface area contributed by atoms with Gasteiger partial charge in [0.05, 0.1) is 21.5 Å². The van der Waals surface area contributed by atoms with Crippen molar-refractivity contribution >= 4 is 40.7 Å². The van der Waals surface area contributed by atoms with Crippen LogP contribution < -0.4 is 0 Å². The Labute approximate surface area is 113 Å². The second-order valence-corrected chi connectivity index (χ2v) is 4.55. The lowest BCUT2D eigenvalue weighted by molar-refractivity contribution is 0.0697. The van der Waals surface area contributed by atoms with Gasteiger partial charge in [-0.1, -0.05) is 6.07 Å². The van der Waals surface area contributed by atoms with Gasteiger partial charge in [0.1, 0.15) is 5.82 Å². The Morgan fingerprint density at radius 2 is 2.17 bits per heavy atom. The summed E-state index contributed by atoms with van der Waals surface area (Å²) in [7, 11) is 0. The predicted octanol–water partition coefficient (Wildman–Crippen LogP) is 3.41. The van der Waals surface area contributed by atoms with Crippen LogP contribution in [-0.2, 0) is 0 Å². The quantitative estimate of drug-likeness (QED) is 0.756. The highest BCUT2D eigenvalue weighted by molar-refractivity contribution is 7.13. The number of hydrogen-bond donors (Lipinski definition) is 2. The van der Waals surface area contributed by atoms with Crippen LogP contribution in [0.3, 0.4) is 0 Å². The first-order valence-corrected chi connectivity index (χ1v) is 5.89. The summed E-state index contributed by atoms with van der Waals surface area (Å²) in [5.41, 5.74) is 1.78. The molecule has 2 N–H and O–H groups in total. The van der Waals surface area contributed by atoms with Crippen molar-refractivity contribution in [3.8, 4) is 10.7 Å². The third kappa shape index (κ3) is 2.10. The number of H-pyrrole nitrogens is 1. The van der Waals surface area contributed by atoms with Crippen molar-refractivity contribution < 1.29 is 9.90 Å². The number of carboxylic acids is 1. The molecule has 18 heavy (non-hydrogen) atoms. The first-order valence-electron chi connectivity index (χ1n) is 5.01. The number of aromatic carboxylic acids is 1. The summed E-state index contributed by atoms with van der Waals surface area (Å²) in [5, 5.41) is 10.9. The number of imidazole rings is 1. The van der Waals surface area contributed by atoms with E-state index in [1.807, 2.05) is 17.5 Å². The number of aromatic amines is 1. The van der Waals surface area contributed by atoms with E-state index in [0.29, 0.717) is 0 Å². The molecule has 4 nitrogen and oxygen atoms in total. The van der Waals surface area contributed by atoms with Crippen molar-refractivity contribution in [2.45, 2.75) is 0 Å². The molecule has 0 radical (unpaired) electrons. The first kappa shape index (κ1) is 12.6. The molecule has 0 atom stereocenters. The maximum absolute atomic E-state index is 10.8. The molecular formula is C12H9ClN2O2S. The van der Waals surface area contributed by atoms with E-state index in [2.05, 4.69) is 9.97 Å². The van der Waals surface area contributed by atoms with Crippen molar-refractivity contribution in [3.63, 3.8) is 0 Å². The molecule has 0 aliphatic rings. The zero-order chi connectivity index (χ0) is 11.8. The monoisotopic (exact) mass is 280 g/mol. The lowest BCUT2D eigenvalue weighted by atomic mass is 10.2. The number of rotatable bonds is 2. The lowest BCUT2D eigenvalue weighted by Gasteiger charge is -1.92. The number of nitrogens with one attached hydrogen (secondary N) is 1. The maximum Gasteiger partial charge on any atom is 0.335 e. The Balaban J connectivity index is 0.00000120. The molecule has 0 bridgehead atoms. The van der Waals surface area contributed by atoms with Crippen molar-refractivity contribution in [1.82, 2.24) is 9.97 Å². The van der Waals surface area contributed by atoms with E-state index in [1.165, 1.54) is 0 Å². The van der Waals surface area contributed by atoms with Crippen LogP contribution in [0.15, 0.2) is 35.7 Å². The van der Waals surface area contributed by atoms with Crippen LogP contribution in [0.1, 0.15) is 10.4 Å². The highest BCUT2D eigenvalue weighted by Crippen LogP contribution is 2.24. The number of thiophene rings is 1. The maximum atomic E-state index is 10.8. The summed E-state index contributed by atoms with van der Waals surface area (Å²) < 4.78 is 0. The number of nitrogens with zero attached hydrogens (tertiary/aromatic N) is 1. The average molecular weight is 281 g/mol. The van der Waals surface area contributed by atoms with Gasteiger partial charge in [0.15, 0.2) is 0 Å². The Bertz CT molecular complexity index is 691. The Morgan fingerprint density at radius 3 is 2.83 bits per heavy atom. The molecule has 3 rings (SSSR count). The first-order chi connectivity index (χ1) is 8.24. The van der Waals surface area contributed by atoms with Crippen LogP contribution >= 0.6 is 23.7 Å². The Kier molecular flexibility index (Phi) is 3.36. The van der Waals surface area contributed by atoms with Crippen molar-refractivity contribution in [3.05, 3.63) is 41.3 Å². The molecule has 0 saturated carbocycles. The van der Waals surface area contributed by atoms with Crippen molar-refractivity contribution in [2.24, 2.45) is 0 Å². The van der Waals surface area contributed by atoms with Crippen molar-refractivity contribution in [1.29, 1.82) is 0 Å². The zero-order valence-electron chi connectivity index (χ0n) is 9.08. The summed E-state index contributed by atoms with van der Waals surface area (Å²) >= 11 is 1.59. The number of benzene rings is 1. The molecule has 0 saturated heterocycles. The molecule has 2 aromatic heterocycles. The molecule has 0 aliphatic carbocycles. The van der Waals surface area contributed by atoms with Gasteiger partial charge in [0.25, 0.3) is 0 Å². The van der Waals surface area contributed by atoms with Gasteiger partial charge in [-0.3, -0.25) is 0 Å². The van der Waals surface area contributed by atoms with Gasteiger partial charge in [-0.25, -0.2) is 9.78 Å². The van der Waals surface area contributed by atoms with Gasteiger partial charge in [-0.15, -0.1) is 23.7 Å². The normalized spacial score (nSPS) is 10.2. The van der Waals surface area contributed by atoms with E-state index in [1.54, 1.807) is 29.5 Å². The molecule has 0 fully saturated rings. The summed E-state index contributed by atoms with van der Waals surface area (Å²) in [6.07, 6.45) is 0. The third-order valence-electron chi connectivity index (χ3n) is 2.48. The van der Waals surface area contributed by atoms with Crippen LogP contribution in [0.5, 0.6) is 0 Å². The van der Waals surface area contributed by atoms with Gasteiger partial charge < -0.3 is 10.1 Å². The van der Waals surface area contributed by atoms with Gasteiger partial charge in [-0.05, 0) is 29.6 Å². The number of hydrogen-bond acceptors (Lipinski definition) is 3.